The lowest BCUT2D eigenvalue weighted by atomic mass is 10.2. The van der Waals surface area contributed by atoms with Gasteiger partial charge in [0, 0.05) is 6.07 Å². The first kappa shape index (κ1) is 19.6. The van der Waals surface area contributed by atoms with Crippen LogP contribution in [0.5, 0.6) is 0 Å². The third kappa shape index (κ3) is 5.11. The highest BCUT2D eigenvalue weighted by Crippen LogP contribution is 2.19. The number of carbonyl (C=O) groups is 3. The van der Waals surface area contributed by atoms with E-state index in [-0.39, 0.29) is 23.4 Å². The van der Waals surface area contributed by atoms with E-state index in [4.69, 9.17) is 9.47 Å². The summed E-state index contributed by atoms with van der Waals surface area (Å²) in [5.41, 5.74) is -0.335. The summed E-state index contributed by atoms with van der Waals surface area (Å²) in [6, 6.07) is 11.4. The smallest absolute Gasteiger partial charge is 0.345 e. The number of nitrogens with one attached hydrogen (secondary N) is 1. The maximum absolute atomic E-state index is 12.0. The minimum absolute atomic E-state index is 0.151. The van der Waals surface area contributed by atoms with E-state index in [2.05, 4.69) is 5.32 Å². The number of amides is 1. The first-order valence-corrected chi connectivity index (χ1v) is 7.90. The molecule has 2 aromatic carbocycles. The number of carbonyl (C=O) groups excluding carboxylic acids is 3. The fourth-order valence-electron chi connectivity index (χ4n) is 2.18. The lowest BCUT2D eigenvalue weighted by Crippen LogP contribution is -2.22. The molecule has 0 aromatic heterocycles. The molecular weight excluding hydrogens is 356 g/mol. The molecule has 0 fully saturated rings. The average Bonchev–Trinajstić information content (AvgIpc) is 2.66. The molecule has 1 amide bonds. The second-order valence-corrected chi connectivity index (χ2v) is 5.16. The number of rotatable bonds is 7. The normalized spacial score (nSPS) is 9.96. The first-order valence-electron chi connectivity index (χ1n) is 7.90. The van der Waals surface area contributed by atoms with Crippen LogP contribution >= 0.6 is 0 Å². The third-order valence-corrected chi connectivity index (χ3v) is 3.35. The van der Waals surface area contributed by atoms with Gasteiger partial charge in [-0.05, 0) is 25.1 Å². The lowest BCUT2D eigenvalue weighted by Gasteiger charge is -2.10. The molecule has 1 N–H and O–H groups in total. The van der Waals surface area contributed by atoms with Crippen LogP contribution in [0.2, 0.25) is 0 Å². The largest absolute Gasteiger partial charge is 0.462 e. The number of ether oxygens (including phenoxy) is 2. The van der Waals surface area contributed by atoms with Crippen molar-refractivity contribution in [1.82, 2.24) is 0 Å². The molecule has 0 saturated carbocycles. The topological polar surface area (TPSA) is 125 Å². The number of anilines is 1. The van der Waals surface area contributed by atoms with Crippen molar-refractivity contribution < 1.29 is 28.8 Å². The Labute approximate surface area is 154 Å². The van der Waals surface area contributed by atoms with Crippen molar-refractivity contribution >= 4 is 29.2 Å². The highest BCUT2D eigenvalue weighted by atomic mass is 16.6. The van der Waals surface area contributed by atoms with Crippen LogP contribution < -0.4 is 5.32 Å². The monoisotopic (exact) mass is 372 g/mol. The van der Waals surface area contributed by atoms with Gasteiger partial charge in [-0.1, -0.05) is 24.3 Å². The predicted molar refractivity (Wildman–Crippen MR) is 94.4 cm³/mol. The van der Waals surface area contributed by atoms with E-state index >= 15 is 0 Å². The minimum atomic E-state index is -1.00. The van der Waals surface area contributed by atoms with Crippen LogP contribution in [-0.2, 0) is 14.3 Å². The number of hydrogen-bond acceptors (Lipinski definition) is 7. The summed E-state index contributed by atoms with van der Waals surface area (Å²) in [5.74, 6) is -2.32. The molecule has 0 radical (unpaired) electrons. The molecule has 2 rings (SSSR count). The van der Waals surface area contributed by atoms with Gasteiger partial charge in [0.15, 0.2) is 6.61 Å². The van der Waals surface area contributed by atoms with Gasteiger partial charge in [0.05, 0.1) is 22.8 Å². The minimum Gasteiger partial charge on any atom is -0.462 e. The van der Waals surface area contributed by atoms with Gasteiger partial charge in [0.1, 0.15) is 5.56 Å². The molecule has 9 nitrogen and oxygen atoms in total. The average molecular weight is 372 g/mol. The van der Waals surface area contributed by atoms with E-state index in [9.17, 15) is 24.5 Å². The summed E-state index contributed by atoms with van der Waals surface area (Å²) in [5, 5.41) is 13.4. The highest BCUT2D eigenvalue weighted by Gasteiger charge is 2.21. The zero-order chi connectivity index (χ0) is 19.8. The fraction of sp³-hybridized carbons (Fsp3) is 0.167. The van der Waals surface area contributed by atoms with E-state index in [0.717, 1.165) is 6.07 Å². The second kappa shape index (κ2) is 9.09. The molecule has 0 unspecified atom stereocenters. The Morgan fingerprint density at radius 1 is 0.963 bits per heavy atom. The van der Waals surface area contributed by atoms with E-state index in [1.807, 2.05) is 0 Å². The number of nitrogens with zero attached hydrogens (tertiary/aromatic N) is 1. The molecule has 2 aromatic rings. The third-order valence-electron chi connectivity index (χ3n) is 3.35. The standard InChI is InChI=1S/C18H16N2O7/c1-2-26-17(22)12-7-3-5-9-14(12)19-16(21)11-27-18(23)13-8-4-6-10-15(13)20(24)25/h3-10H,2,11H2,1H3,(H,19,21). The van der Waals surface area contributed by atoms with E-state index in [0.29, 0.717) is 0 Å². The maximum Gasteiger partial charge on any atom is 0.345 e. The van der Waals surface area contributed by atoms with Crippen LogP contribution in [0, 0.1) is 10.1 Å². The quantitative estimate of drug-likeness (QED) is 0.450. The van der Waals surface area contributed by atoms with Gasteiger partial charge in [-0.2, -0.15) is 0 Å². The van der Waals surface area contributed by atoms with Gasteiger partial charge in [0.2, 0.25) is 0 Å². The van der Waals surface area contributed by atoms with Crippen molar-refractivity contribution in [3.8, 4) is 0 Å². The van der Waals surface area contributed by atoms with Crippen molar-refractivity contribution in [2.45, 2.75) is 6.92 Å². The fourth-order valence-corrected chi connectivity index (χ4v) is 2.18. The number of esters is 2. The molecule has 0 bridgehead atoms. The summed E-state index contributed by atoms with van der Waals surface area (Å²) in [7, 11) is 0. The number of nitro benzene ring substituents is 1. The van der Waals surface area contributed by atoms with Crippen molar-refractivity contribution in [1.29, 1.82) is 0 Å². The number of nitro groups is 1. The Balaban J connectivity index is 2.03. The molecule has 0 heterocycles. The molecule has 140 valence electrons. The predicted octanol–water partition coefficient (Wildman–Crippen LogP) is 2.57. The molecule has 0 aliphatic heterocycles. The molecule has 0 aliphatic rings. The van der Waals surface area contributed by atoms with Crippen molar-refractivity contribution in [3.63, 3.8) is 0 Å². The van der Waals surface area contributed by atoms with Crippen LogP contribution in [0.25, 0.3) is 0 Å². The molecule has 0 saturated heterocycles. The number of benzene rings is 2. The molecule has 0 spiro atoms. The van der Waals surface area contributed by atoms with Crippen LogP contribution in [0.1, 0.15) is 27.6 Å². The first-order chi connectivity index (χ1) is 12.9. The molecular formula is C18H16N2O7. The van der Waals surface area contributed by atoms with Crippen molar-refractivity contribution in [3.05, 3.63) is 69.8 Å². The van der Waals surface area contributed by atoms with Crippen molar-refractivity contribution in [2.75, 3.05) is 18.5 Å². The zero-order valence-electron chi connectivity index (χ0n) is 14.3. The summed E-state index contributed by atoms with van der Waals surface area (Å²) >= 11 is 0. The molecule has 9 heteroatoms. The number of hydrogen-bond donors (Lipinski definition) is 1. The summed E-state index contributed by atoms with van der Waals surface area (Å²) in [4.78, 5) is 46.1. The van der Waals surface area contributed by atoms with Crippen LogP contribution in [-0.4, -0.2) is 36.0 Å². The Hall–Kier alpha value is -3.75. The van der Waals surface area contributed by atoms with Gasteiger partial charge in [-0.15, -0.1) is 0 Å². The van der Waals surface area contributed by atoms with Crippen LogP contribution in [0.15, 0.2) is 48.5 Å². The Morgan fingerprint density at radius 3 is 2.22 bits per heavy atom. The van der Waals surface area contributed by atoms with E-state index in [1.54, 1.807) is 19.1 Å². The second-order valence-electron chi connectivity index (χ2n) is 5.16. The van der Waals surface area contributed by atoms with Crippen LogP contribution in [0.3, 0.4) is 0 Å². The lowest BCUT2D eigenvalue weighted by molar-refractivity contribution is -0.385. The van der Waals surface area contributed by atoms with Gasteiger partial charge in [-0.25, -0.2) is 9.59 Å². The zero-order valence-corrected chi connectivity index (χ0v) is 14.3. The maximum atomic E-state index is 12.0. The van der Waals surface area contributed by atoms with Crippen molar-refractivity contribution in [2.24, 2.45) is 0 Å². The van der Waals surface area contributed by atoms with Gasteiger partial charge >= 0.3 is 11.9 Å². The Morgan fingerprint density at radius 2 is 1.56 bits per heavy atom. The molecule has 27 heavy (non-hydrogen) atoms. The highest BCUT2D eigenvalue weighted by molar-refractivity contribution is 6.02. The SMILES string of the molecule is CCOC(=O)c1ccccc1NC(=O)COC(=O)c1ccccc1[N+](=O)[O-]. The van der Waals surface area contributed by atoms with E-state index in [1.165, 1.54) is 30.3 Å². The Kier molecular flexibility index (Phi) is 6.59. The van der Waals surface area contributed by atoms with Crippen LogP contribution in [0.4, 0.5) is 11.4 Å². The molecule has 0 atom stereocenters. The Bertz CT molecular complexity index is 880. The number of para-hydroxylation sites is 2. The van der Waals surface area contributed by atoms with Gasteiger partial charge < -0.3 is 14.8 Å². The summed E-state index contributed by atoms with van der Waals surface area (Å²) < 4.78 is 9.73. The van der Waals surface area contributed by atoms with E-state index < -0.39 is 35.1 Å². The van der Waals surface area contributed by atoms with Gasteiger partial charge in [-0.3, -0.25) is 14.9 Å². The summed E-state index contributed by atoms with van der Waals surface area (Å²) in [6.07, 6.45) is 0. The van der Waals surface area contributed by atoms with Gasteiger partial charge in [0.25, 0.3) is 11.6 Å². The summed E-state index contributed by atoms with van der Waals surface area (Å²) in [6.45, 7) is 1.15. The molecule has 0 aliphatic carbocycles.